The predicted octanol–water partition coefficient (Wildman–Crippen LogP) is 4.04. The number of hydrogen-bond acceptors (Lipinski definition) is 1. The van der Waals surface area contributed by atoms with Crippen molar-refractivity contribution in [2.24, 2.45) is 0 Å². The van der Waals surface area contributed by atoms with Crippen LogP contribution in [0.25, 0.3) is 0 Å². The molecule has 0 radical (unpaired) electrons. The molecule has 0 spiro atoms. The van der Waals surface area contributed by atoms with E-state index >= 15 is 0 Å². The molecule has 3 heteroatoms. The summed E-state index contributed by atoms with van der Waals surface area (Å²) in [4.78, 5) is 0. The zero-order chi connectivity index (χ0) is 13.8. The molecule has 0 aliphatic heterocycles. The summed E-state index contributed by atoms with van der Waals surface area (Å²) < 4.78 is 14.2. The minimum absolute atomic E-state index is 0.253. The minimum Gasteiger partial charge on any atom is -0.392 e. The van der Waals surface area contributed by atoms with Crippen LogP contribution in [-0.4, -0.2) is 11.2 Å². The first-order chi connectivity index (χ1) is 9.04. The highest BCUT2D eigenvalue weighted by Gasteiger charge is 2.09. The fourth-order valence-corrected chi connectivity index (χ4v) is 2.34. The molecule has 0 amide bonds. The van der Waals surface area contributed by atoms with Gasteiger partial charge in [0.2, 0.25) is 0 Å². The molecule has 0 aliphatic rings. The fourth-order valence-electron chi connectivity index (χ4n) is 2.08. The third-order valence-electron chi connectivity index (χ3n) is 3.15. The molecule has 0 saturated heterocycles. The molecule has 100 valence electrons. The van der Waals surface area contributed by atoms with Gasteiger partial charge in [-0.3, -0.25) is 0 Å². The molecule has 0 aliphatic carbocycles. The molecule has 0 saturated carbocycles. The maximum absolute atomic E-state index is 13.2. The fraction of sp³-hybridized carbons (Fsp3) is 0.250. The van der Waals surface area contributed by atoms with Crippen LogP contribution in [0.15, 0.2) is 46.9 Å². The SMILES string of the molecule is Cc1ccc(F)cc1CC(O)Cc1ccc(Br)cc1. The summed E-state index contributed by atoms with van der Waals surface area (Å²) >= 11 is 3.38. The molecule has 2 aromatic carbocycles. The Morgan fingerprint density at radius 2 is 1.79 bits per heavy atom. The largest absolute Gasteiger partial charge is 0.392 e. The highest BCUT2D eigenvalue weighted by Crippen LogP contribution is 2.16. The first-order valence-electron chi connectivity index (χ1n) is 6.22. The maximum Gasteiger partial charge on any atom is 0.123 e. The molecule has 0 heterocycles. The van der Waals surface area contributed by atoms with Gasteiger partial charge in [0.05, 0.1) is 6.10 Å². The van der Waals surface area contributed by atoms with Crippen LogP contribution in [0.2, 0.25) is 0 Å². The van der Waals surface area contributed by atoms with Gasteiger partial charge in [-0.2, -0.15) is 0 Å². The van der Waals surface area contributed by atoms with Gasteiger partial charge >= 0.3 is 0 Å². The third kappa shape index (κ3) is 4.15. The van der Waals surface area contributed by atoms with Gasteiger partial charge in [0.1, 0.15) is 5.82 Å². The van der Waals surface area contributed by atoms with Crippen LogP contribution in [-0.2, 0) is 12.8 Å². The number of hydrogen-bond donors (Lipinski definition) is 1. The molecule has 0 fully saturated rings. The van der Waals surface area contributed by atoms with E-state index in [1.165, 1.54) is 12.1 Å². The van der Waals surface area contributed by atoms with Crippen molar-refractivity contribution in [3.05, 3.63) is 69.4 Å². The zero-order valence-corrected chi connectivity index (χ0v) is 12.3. The van der Waals surface area contributed by atoms with Gasteiger partial charge in [0, 0.05) is 4.47 Å². The lowest BCUT2D eigenvalue weighted by Crippen LogP contribution is -2.14. The smallest absolute Gasteiger partial charge is 0.123 e. The van der Waals surface area contributed by atoms with E-state index in [0.29, 0.717) is 12.8 Å². The summed E-state index contributed by atoms with van der Waals surface area (Å²) in [6.07, 6.45) is 0.546. The molecule has 19 heavy (non-hydrogen) atoms. The van der Waals surface area contributed by atoms with Crippen LogP contribution < -0.4 is 0 Å². The van der Waals surface area contributed by atoms with E-state index in [9.17, 15) is 9.50 Å². The molecular formula is C16H16BrFO. The van der Waals surface area contributed by atoms with Crippen molar-refractivity contribution in [1.82, 2.24) is 0 Å². The second-order valence-corrected chi connectivity index (χ2v) is 5.68. The average Bonchev–Trinajstić information content (AvgIpc) is 2.37. The molecule has 1 atom stereocenters. The molecule has 0 aromatic heterocycles. The van der Waals surface area contributed by atoms with Gasteiger partial charge in [0.15, 0.2) is 0 Å². The van der Waals surface area contributed by atoms with E-state index in [4.69, 9.17) is 0 Å². The van der Waals surface area contributed by atoms with E-state index in [-0.39, 0.29) is 5.82 Å². The van der Waals surface area contributed by atoms with E-state index in [2.05, 4.69) is 15.9 Å². The third-order valence-corrected chi connectivity index (χ3v) is 3.68. The number of aryl methyl sites for hydroxylation is 1. The number of aliphatic hydroxyl groups excluding tert-OH is 1. The second kappa shape index (κ2) is 6.31. The standard InChI is InChI=1S/C16H16BrFO/c1-11-2-7-15(18)9-13(11)10-16(19)8-12-3-5-14(17)6-4-12/h2-7,9,16,19H,8,10H2,1H3. The van der Waals surface area contributed by atoms with Crippen LogP contribution >= 0.6 is 15.9 Å². The Morgan fingerprint density at radius 3 is 2.47 bits per heavy atom. The second-order valence-electron chi connectivity index (χ2n) is 4.76. The summed E-state index contributed by atoms with van der Waals surface area (Å²) in [6.45, 7) is 1.93. The molecular weight excluding hydrogens is 307 g/mol. The Labute approximate surface area is 121 Å². The Kier molecular flexibility index (Phi) is 4.72. The lowest BCUT2D eigenvalue weighted by molar-refractivity contribution is 0.175. The topological polar surface area (TPSA) is 20.2 Å². The van der Waals surface area contributed by atoms with Gasteiger partial charge in [0.25, 0.3) is 0 Å². The van der Waals surface area contributed by atoms with E-state index in [1.54, 1.807) is 6.07 Å². The quantitative estimate of drug-likeness (QED) is 0.900. The van der Waals surface area contributed by atoms with Crippen molar-refractivity contribution in [2.75, 3.05) is 0 Å². The van der Waals surface area contributed by atoms with Gasteiger partial charge in [-0.25, -0.2) is 4.39 Å². The molecule has 1 N–H and O–H groups in total. The predicted molar refractivity (Wildman–Crippen MR) is 78.7 cm³/mol. The summed E-state index contributed by atoms with van der Waals surface area (Å²) in [5.74, 6) is -0.253. The Balaban J connectivity index is 2.02. The van der Waals surface area contributed by atoms with Crippen molar-refractivity contribution in [2.45, 2.75) is 25.9 Å². The average molecular weight is 323 g/mol. The first-order valence-corrected chi connectivity index (χ1v) is 7.01. The van der Waals surface area contributed by atoms with Crippen molar-refractivity contribution < 1.29 is 9.50 Å². The van der Waals surface area contributed by atoms with E-state index < -0.39 is 6.10 Å². The van der Waals surface area contributed by atoms with Crippen LogP contribution in [0.5, 0.6) is 0 Å². The van der Waals surface area contributed by atoms with Crippen LogP contribution in [0, 0.1) is 12.7 Å². The van der Waals surface area contributed by atoms with E-state index in [0.717, 1.165) is 21.2 Å². The minimum atomic E-state index is -0.498. The van der Waals surface area contributed by atoms with Crippen molar-refractivity contribution >= 4 is 15.9 Å². The van der Waals surface area contributed by atoms with Crippen molar-refractivity contribution in [1.29, 1.82) is 0 Å². The van der Waals surface area contributed by atoms with Gasteiger partial charge < -0.3 is 5.11 Å². The first kappa shape index (κ1) is 14.2. The highest BCUT2D eigenvalue weighted by molar-refractivity contribution is 9.10. The normalized spacial score (nSPS) is 12.4. The Morgan fingerprint density at radius 1 is 1.11 bits per heavy atom. The molecule has 1 unspecified atom stereocenters. The lowest BCUT2D eigenvalue weighted by Gasteiger charge is -2.13. The van der Waals surface area contributed by atoms with Gasteiger partial charge in [-0.05, 0) is 60.7 Å². The van der Waals surface area contributed by atoms with Gasteiger partial charge in [-0.15, -0.1) is 0 Å². The highest BCUT2D eigenvalue weighted by atomic mass is 79.9. The van der Waals surface area contributed by atoms with Crippen LogP contribution in [0.1, 0.15) is 16.7 Å². The number of aliphatic hydroxyl groups is 1. The molecule has 2 aromatic rings. The van der Waals surface area contributed by atoms with Gasteiger partial charge in [-0.1, -0.05) is 34.1 Å². The summed E-state index contributed by atoms with van der Waals surface area (Å²) in [5, 5.41) is 10.1. The molecule has 2 rings (SSSR count). The Hall–Kier alpha value is -1.19. The maximum atomic E-state index is 13.2. The number of rotatable bonds is 4. The van der Waals surface area contributed by atoms with Crippen molar-refractivity contribution in [3.63, 3.8) is 0 Å². The Bertz CT molecular complexity index is 551. The van der Waals surface area contributed by atoms with E-state index in [1.807, 2.05) is 31.2 Å². The zero-order valence-electron chi connectivity index (χ0n) is 10.7. The monoisotopic (exact) mass is 322 g/mol. The van der Waals surface area contributed by atoms with Crippen molar-refractivity contribution in [3.8, 4) is 0 Å². The van der Waals surface area contributed by atoms with Crippen LogP contribution in [0.3, 0.4) is 0 Å². The molecule has 1 nitrogen and oxygen atoms in total. The summed E-state index contributed by atoms with van der Waals surface area (Å²) in [5.41, 5.74) is 2.95. The van der Waals surface area contributed by atoms with Crippen LogP contribution in [0.4, 0.5) is 4.39 Å². The summed E-state index contributed by atoms with van der Waals surface area (Å²) in [6, 6.07) is 12.6. The summed E-state index contributed by atoms with van der Waals surface area (Å²) in [7, 11) is 0. The number of halogens is 2. The lowest BCUT2D eigenvalue weighted by atomic mass is 9.98. The number of benzene rings is 2. The molecule has 0 bridgehead atoms.